The number of carbonyl (C=O) groups is 1. The number of rotatable bonds is 7. The van der Waals surface area contributed by atoms with Crippen LogP contribution in [0.4, 0.5) is 0 Å². The normalized spacial score (nSPS) is 11.3. The van der Waals surface area contributed by atoms with E-state index in [0.29, 0.717) is 23.8 Å². The van der Waals surface area contributed by atoms with Crippen molar-refractivity contribution in [2.24, 2.45) is 0 Å². The van der Waals surface area contributed by atoms with Crippen LogP contribution in [0, 0.1) is 0 Å². The highest BCUT2D eigenvalue weighted by molar-refractivity contribution is 6.30. The Morgan fingerprint density at radius 3 is 2.53 bits per heavy atom. The maximum Gasteiger partial charge on any atom is 0.272 e. The monoisotopic (exact) mass is 443 g/mol. The van der Waals surface area contributed by atoms with Crippen LogP contribution in [0.25, 0.3) is 21.9 Å². The number of amides is 1. The van der Waals surface area contributed by atoms with E-state index in [1.54, 1.807) is 0 Å². The van der Waals surface area contributed by atoms with Crippen molar-refractivity contribution in [3.05, 3.63) is 95.4 Å². The van der Waals surface area contributed by atoms with Gasteiger partial charge in [0.25, 0.3) is 5.91 Å². The first-order valence-electron chi connectivity index (χ1n) is 10.6. The number of carbonyl (C=O) groups excluding carboxylic acids is 1. The van der Waals surface area contributed by atoms with Gasteiger partial charge < -0.3 is 9.88 Å². The third kappa shape index (κ3) is 4.09. The highest BCUT2D eigenvalue weighted by Gasteiger charge is 2.17. The molecule has 1 amide bonds. The first-order valence-corrected chi connectivity index (χ1v) is 10.9. The fourth-order valence-electron chi connectivity index (χ4n) is 3.90. The second-order valence-corrected chi connectivity index (χ2v) is 8.12. The maximum atomic E-state index is 12.9. The summed E-state index contributed by atoms with van der Waals surface area (Å²) in [5, 5.41) is 9.20. The van der Waals surface area contributed by atoms with Crippen LogP contribution in [0.5, 0.6) is 0 Å². The Balaban J connectivity index is 1.27. The molecule has 32 heavy (non-hydrogen) atoms. The predicted octanol–water partition coefficient (Wildman–Crippen LogP) is 4.91. The number of nitrogens with one attached hydrogen (secondary N) is 1. The van der Waals surface area contributed by atoms with E-state index in [2.05, 4.69) is 26.0 Å². The van der Waals surface area contributed by atoms with Gasteiger partial charge >= 0.3 is 0 Å². The summed E-state index contributed by atoms with van der Waals surface area (Å²) in [5.74, 6) is -0.161. The molecule has 0 atom stereocenters. The molecular formula is C25H22ClN5O. The number of benzene rings is 3. The van der Waals surface area contributed by atoms with Gasteiger partial charge in [-0.2, -0.15) is 5.10 Å². The molecule has 0 spiro atoms. The lowest BCUT2D eigenvalue weighted by atomic mass is 10.2. The summed E-state index contributed by atoms with van der Waals surface area (Å²) < 4.78 is 3.98. The van der Waals surface area contributed by atoms with Crippen molar-refractivity contribution in [2.45, 2.75) is 19.5 Å². The average molecular weight is 444 g/mol. The molecule has 5 rings (SSSR count). The van der Waals surface area contributed by atoms with Crippen LogP contribution in [-0.4, -0.2) is 31.8 Å². The molecule has 0 radical (unpaired) electrons. The third-order valence-corrected chi connectivity index (χ3v) is 5.76. The van der Waals surface area contributed by atoms with E-state index in [4.69, 9.17) is 11.6 Å². The molecule has 6 nitrogen and oxygen atoms in total. The number of nitrogens with zero attached hydrogens (tertiary/aromatic N) is 4. The highest BCUT2D eigenvalue weighted by Crippen LogP contribution is 2.20. The van der Waals surface area contributed by atoms with E-state index < -0.39 is 0 Å². The number of imidazole rings is 1. The van der Waals surface area contributed by atoms with Gasteiger partial charge in [0.2, 0.25) is 0 Å². The van der Waals surface area contributed by atoms with Crippen LogP contribution < -0.4 is 5.32 Å². The minimum atomic E-state index is -0.161. The zero-order valence-electron chi connectivity index (χ0n) is 17.4. The summed E-state index contributed by atoms with van der Waals surface area (Å²) in [4.78, 5) is 17.3. The molecule has 3 aromatic carbocycles. The van der Waals surface area contributed by atoms with Crippen molar-refractivity contribution < 1.29 is 4.79 Å². The van der Waals surface area contributed by atoms with E-state index in [9.17, 15) is 4.79 Å². The molecule has 0 saturated heterocycles. The topological polar surface area (TPSA) is 64.7 Å². The van der Waals surface area contributed by atoms with Crippen molar-refractivity contribution >= 4 is 39.4 Å². The van der Waals surface area contributed by atoms with Crippen LogP contribution in [-0.2, 0) is 13.1 Å². The van der Waals surface area contributed by atoms with Gasteiger partial charge in [0.15, 0.2) is 5.69 Å². The second kappa shape index (κ2) is 8.85. The Morgan fingerprint density at radius 2 is 1.69 bits per heavy atom. The van der Waals surface area contributed by atoms with Gasteiger partial charge in [-0.15, -0.1) is 0 Å². The number of para-hydroxylation sites is 3. The molecule has 2 aromatic heterocycles. The van der Waals surface area contributed by atoms with E-state index >= 15 is 0 Å². The zero-order valence-corrected chi connectivity index (χ0v) is 18.2. The highest BCUT2D eigenvalue weighted by atomic mass is 35.5. The Bertz CT molecular complexity index is 1390. The molecule has 1 N–H and O–H groups in total. The quantitative estimate of drug-likeness (QED) is 0.363. The van der Waals surface area contributed by atoms with Gasteiger partial charge in [-0.3, -0.25) is 9.48 Å². The third-order valence-electron chi connectivity index (χ3n) is 5.51. The van der Waals surface area contributed by atoms with Crippen LogP contribution in [0.2, 0.25) is 5.02 Å². The van der Waals surface area contributed by atoms with Crippen molar-refractivity contribution in [1.82, 2.24) is 24.6 Å². The number of fused-ring (bicyclic) bond motifs is 2. The lowest BCUT2D eigenvalue weighted by Crippen LogP contribution is -2.26. The van der Waals surface area contributed by atoms with E-state index in [-0.39, 0.29) is 5.91 Å². The lowest BCUT2D eigenvalue weighted by molar-refractivity contribution is 0.0948. The number of aryl methyl sites for hydroxylation is 1. The van der Waals surface area contributed by atoms with Gasteiger partial charge in [-0.05, 0) is 42.3 Å². The van der Waals surface area contributed by atoms with E-state index in [1.165, 1.54) is 0 Å². The molecule has 0 saturated carbocycles. The van der Waals surface area contributed by atoms with Crippen molar-refractivity contribution in [3.63, 3.8) is 0 Å². The number of hydrogen-bond acceptors (Lipinski definition) is 3. The van der Waals surface area contributed by atoms with Gasteiger partial charge in [0.1, 0.15) is 0 Å². The fourth-order valence-corrected chi connectivity index (χ4v) is 4.03. The first-order chi connectivity index (χ1) is 15.7. The molecule has 0 fully saturated rings. The molecule has 160 valence electrons. The minimum Gasteiger partial charge on any atom is -0.351 e. The Morgan fingerprint density at radius 1 is 0.938 bits per heavy atom. The lowest BCUT2D eigenvalue weighted by Gasteiger charge is -2.06. The molecule has 0 aliphatic rings. The van der Waals surface area contributed by atoms with E-state index in [0.717, 1.165) is 40.5 Å². The smallest absolute Gasteiger partial charge is 0.272 e. The summed E-state index contributed by atoms with van der Waals surface area (Å²) in [7, 11) is 0. The molecule has 7 heteroatoms. The summed E-state index contributed by atoms with van der Waals surface area (Å²) in [6.07, 6.45) is 2.65. The SMILES string of the molecule is O=C(NCCCn1cnc2ccccc21)c1nn(Cc2ccc(Cl)cc2)c2ccccc12. The Labute approximate surface area is 190 Å². The predicted molar refractivity (Wildman–Crippen MR) is 127 cm³/mol. The molecule has 0 bridgehead atoms. The largest absolute Gasteiger partial charge is 0.351 e. The molecular weight excluding hydrogens is 422 g/mol. The molecule has 0 aliphatic carbocycles. The number of halogens is 1. The minimum absolute atomic E-state index is 0.161. The van der Waals surface area contributed by atoms with Crippen LogP contribution in [0.3, 0.4) is 0 Å². The van der Waals surface area contributed by atoms with Gasteiger partial charge in [0.05, 0.1) is 29.4 Å². The number of hydrogen-bond donors (Lipinski definition) is 1. The summed E-state index contributed by atoms with van der Waals surface area (Å²) >= 11 is 6.00. The van der Waals surface area contributed by atoms with Gasteiger partial charge in [0, 0.05) is 23.5 Å². The van der Waals surface area contributed by atoms with Crippen molar-refractivity contribution in [2.75, 3.05) is 6.54 Å². The first kappa shape index (κ1) is 20.3. The van der Waals surface area contributed by atoms with Crippen LogP contribution >= 0.6 is 11.6 Å². The molecule has 0 aliphatic heterocycles. The van der Waals surface area contributed by atoms with Gasteiger partial charge in [-0.25, -0.2) is 4.98 Å². The average Bonchev–Trinajstić information content (AvgIpc) is 3.40. The molecule has 2 heterocycles. The van der Waals surface area contributed by atoms with Crippen LogP contribution in [0.1, 0.15) is 22.5 Å². The van der Waals surface area contributed by atoms with E-state index in [1.807, 2.05) is 77.7 Å². The Hall–Kier alpha value is -3.64. The molecule has 0 unspecified atom stereocenters. The van der Waals surface area contributed by atoms with Crippen molar-refractivity contribution in [1.29, 1.82) is 0 Å². The maximum absolute atomic E-state index is 12.9. The van der Waals surface area contributed by atoms with Crippen LogP contribution in [0.15, 0.2) is 79.1 Å². The zero-order chi connectivity index (χ0) is 21.9. The number of aromatic nitrogens is 4. The summed E-state index contributed by atoms with van der Waals surface area (Å²) in [6.45, 7) is 1.91. The van der Waals surface area contributed by atoms with Crippen molar-refractivity contribution in [3.8, 4) is 0 Å². The van der Waals surface area contributed by atoms with Gasteiger partial charge in [-0.1, -0.05) is 54.1 Å². The Kier molecular flexibility index (Phi) is 5.60. The summed E-state index contributed by atoms with van der Waals surface area (Å²) in [6, 6.07) is 23.5. The second-order valence-electron chi connectivity index (χ2n) is 7.69. The fraction of sp³-hybridized carbons (Fsp3) is 0.160. The molecule has 5 aromatic rings. The summed E-state index contributed by atoms with van der Waals surface area (Å²) in [5.41, 5.74) is 4.53. The standard InChI is InChI=1S/C25H22ClN5O/c26-19-12-10-18(11-13-19)16-31-22-8-3-1-6-20(22)24(29-31)25(32)27-14-5-15-30-17-28-21-7-2-4-9-23(21)30/h1-4,6-13,17H,5,14-16H2,(H,27,32).